The van der Waals surface area contributed by atoms with Crippen LogP contribution in [0, 0.1) is 0 Å². The summed E-state index contributed by atoms with van der Waals surface area (Å²) in [4.78, 5) is 10.4. The van der Waals surface area contributed by atoms with E-state index in [-0.39, 0.29) is 12.2 Å². The van der Waals surface area contributed by atoms with Crippen LogP contribution < -0.4 is 5.32 Å². The van der Waals surface area contributed by atoms with Crippen molar-refractivity contribution < 1.29 is 18.4 Å². The van der Waals surface area contributed by atoms with Gasteiger partial charge < -0.3 is 14.4 Å². The Labute approximate surface area is 65.6 Å². The van der Waals surface area contributed by atoms with Gasteiger partial charge in [0.1, 0.15) is 6.29 Å². The molecule has 0 heterocycles. The molecule has 0 aliphatic heterocycles. The van der Waals surface area contributed by atoms with E-state index in [4.69, 9.17) is 0 Å². The minimum Gasteiger partial charge on any atom is -0.345 e. The highest BCUT2D eigenvalue weighted by molar-refractivity contribution is 7.53. The van der Waals surface area contributed by atoms with Gasteiger partial charge in [0.05, 0.1) is 0 Å². The normalized spacial score (nSPS) is 11.2. The molecule has 0 saturated heterocycles. The maximum absolute atomic E-state index is 11.2. The van der Waals surface area contributed by atoms with Crippen molar-refractivity contribution in [2.75, 3.05) is 20.5 Å². The van der Waals surface area contributed by atoms with Crippen LogP contribution in [0.15, 0.2) is 0 Å². The molecule has 5 nitrogen and oxygen atoms in total. The van der Waals surface area contributed by atoms with Gasteiger partial charge in [0.2, 0.25) is 5.91 Å². The van der Waals surface area contributed by atoms with E-state index in [2.05, 4.69) is 14.4 Å². The highest BCUT2D eigenvalue weighted by Gasteiger charge is 2.20. The quantitative estimate of drug-likeness (QED) is 0.644. The fraction of sp³-hybridized carbons (Fsp3) is 0.800. The molecule has 0 aliphatic carbocycles. The second kappa shape index (κ2) is 4.49. The van der Waals surface area contributed by atoms with Gasteiger partial charge >= 0.3 is 7.60 Å². The Morgan fingerprint density at radius 3 is 2.18 bits per heavy atom. The van der Waals surface area contributed by atoms with E-state index in [1.165, 1.54) is 21.1 Å². The van der Waals surface area contributed by atoms with E-state index in [9.17, 15) is 9.36 Å². The lowest BCUT2D eigenvalue weighted by Gasteiger charge is -2.12. The van der Waals surface area contributed by atoms with Gasteiger partial charge in [-0.3, -0.25) is 9.36 Å². The summed E-state index contributed by atoms with van der Waals surface area (Å²) in [5, 5.41) is 2.34. The first-order chi connectivity index (χ1) is 5.04. The zero-order valence-corrected chi connectivity index (χ0v) is 7.68. The largest absolute Gasteiger partial charge is 0.349 e. The summed E-state index contributed by atoms with van der Waals surface area (Å²) in [5.41, 5.74) is 0. The van der Waals surface area contributed by atoms with Crippen LogP contribution in [0.5, 0.6) is 0 Å². The molecule has 66 valence electrons. The zero-order valence-electron chi connectivity index (χ0n) is 6.79. The lowest BCUT2D eigenvalue weighted by atomic mass is 10.7. The SMILES string of the molecule is COP(=O)(CNC(C)=O)OC. The fourth-order valence-electron chi connectivity index (χ4n) is 0.412. The summed E-state index contributed by atoms with van der Waals surface area (Å²) in [6.45, 7) is 1.33. The highest BCUT2D eigenvalue weighted by atomic mass is 31.2. The molecule has 0 bridgehead atoms. The van der Waals surface area contributed by atoms with Crippen molar-refractivity contribution in [2.45, 2.75) is 6.92 Å². The number of hydrogen-bond donors (Lipinski definition) is 1. The van der Waals surface area contributed by atoms with Crippen molar-refractivity contribution in [1.29, 1.82) is 0 Å². The van der Waals surface area contributed by atoms with Gasteiger partial charge in [0.15, 0.2) is 0 Å². The van der Waals surface area contributed by atoms with Gasteiger partial charge in [0.25, 0.3) is 0 Å². The summed E-state index contributed by atoms with van der Waals surface area (Å²) in [5.74, 6) is -0.265. The molecule has 0 atom stereocenters. The van der Waals surface area contributed by atoms with Crippen LogP contribution in [0.25, 0.3) is 0 Å². The lowest BCUT2D eigenvalue weighted by molar-refractivity contribution is -0.118. The highest BCUT2D eigenvalue weighted by Crippen LogP contribution is 2.44. The van der Waals surface area contributed by atoms with Gasteiger partial charge in [-0.2, -0.15) is 0 Å². The van der Waals surface area contributed by atoms with Crippen LogP contribution in [0.1, 0.15) is 6.92 Å². The second-order valence-electron chi connectivity index (χ2n) is 1.87. The van der Waals surface area contributed by atoms with Crippen molar-refractivity contribution in [3.63, 3.8) is 0 Å². The van der Waals surface area contributed by atoms with Crippen molar-refractivity contribution in [2.24, 2.45) is 0 Å². The van der Waals surface area contributed by atoms with E-state index in [1.54, 1.807) is 0 Å². The molecule has 0 rings (SSSR count). The monoisotopic (exact) mass is 181 g/mol. The van der Waals surface area contributed by atoms with Crippen LogP contribution >= 0.6 is 7.60 Å². The Morgan fingerprint density at radius 2 is 1.91 bits per heavy atom. The van der Waals surface area contributed by atoms with E-state index in [0.29, 0.717) is 0 Å². The first-order valence-electron chi connectivity index (χ1n) is 2.99. The van der Waals surface area contributed by atoms with Gasteiger partial charge in [-0.15, -0.1) is 0 Å². The summed E-state index contributed by atoms with van der Waals surface area (Å²) in [6, 6.07) is 0. The average molecular weight is 181 g/mol. The Morgan fingerprint density at radius 1 is 1.45 bits per heavy atom. The van der Waals surface area contributed by atoms with Crippen LogP contribution in [0.3, 0.4) is 0 Å². The van der Waals surface area contributed by atoms with E-state index in [1.807, 2.05) is 0 Å². The molecular weight excluding hydrogens is 169 g/mol. The van der Waals surface area contributed by atoms with Gasteiger partial charge in [0, 0.05) is 21.1 Å². The summed E-state index contributed by atoms with van der Waals surface area (Å²) >= 11 is 0. The Hall–Kier alpha value is -0.380. The Kier molecular flexibility index (Phi) is 4.33. The van der Waals surface area contributed by atoms with Gasteiger partial charge in [-0.05, 0) is 0 Å². The number of rotatable bonds is 4. The molecule has 0 radical (unpaired) electrons. The first kappa shape index (κ1) is 10.6. The number of hydrogen-bond acceptors (Lipinski definition) is 4. The predicted octanol–water partition coefficient (Wildman–Crippen LogP) is 0.566. The summed E-state index contributed by atoms with van der Waals surface area (Å²) in [6.07, 6.45) is -0.0880. The first-order valence-corrected chi connectivity index (χ1v) is 4.72. The summed E-state index contributed by atoms with van der Waals surface area (Å²) in [7, 11) is -0.527. The molecule has 0 spiro atoms. The van der Waals surface area contributed by atoms with Crippen LogP contribution in [-0.2, 0) is 18.4 Å². The van der Waals surface area contributed by atoms with Crippen molar-refractivity contribution >= 4 is 13.5 Å². The Bertz CT molecular complexity index is 173. The lowest BCUT2D eigenvalue weighted by Crippen LogP contribution is -2.21. The number of amides is 1. The third-order valence-electron chi connectivity index (χ3n) is 1.08. The topological polar surface area (TPSA) is 64.6 Å². The molecule has 0 unspecified atom stereocenters. The van der Waals surface area contributed by atoms with Crippen LogP contribution in [-0.4, -0.2) is 26.4 Å². The molecule has 6 heteroatoms. The standard InChI is InChI=1S/C5H12NO4P/c1-5(7)6-4-11(8,9-2)10-3/h4H2,1-3H3,(H,6,7). The molecule has 0 aromatic rings. The number of carbonyl (C=O) groups is 1. The molecule has 1 amide bonds. The van der Waals surface area contributed by atoms with Crippen molar-refractivity contribution in [3.05, 3.63) is 0 Å². The van der Waals surface area contributed by atoms with E-state index in [0.717, 1.165) is 0 Å². The van der Waals surface area contributed by atoms with Crippen LogP contribution in [0.4, 0.5) is 0 Å². The maximum atomic E-state index is 11.2. The van der Waals surface area contributed by atoms with Crippen molar-refractivity contribution in [1.82, 2.24) is 5.32 Å². The van der Waals surface area contributed by atoms with Crippen molar-refractivity contribution in [3.8, 4) is 0 Å². The average Bonchev–Trinajstić information content (AvgIpc) is 2.00. The zero-order chi connectivity index (χ0) is 8.91. The number of nitrogens with one attached hydrogen (secondary N) is 1. The maximum Gasteiger partial charge on any atom is 0.349 e. The fourth-order valence-corrected chi connectivity index (χ4v) is 1.24. The molecule has 0 aromatic heterocycles. The van der Waals surface area contributed by atoms with E-state index >= 15 is 0 Å². The summed E-state index contributed by atoms with van der Waals surface area (Å²) < 4.78 is 20.3. The second-order valence-corrected chi connectivity index (χ2v) is 4.14. The predicted molar refractivity (Wildman–Crippen MR) is 40.3 cm³/mol. The third kappa shape index (κ3) is 4.14. The molecule has 0 saturated carbocycles. The van der Waals surface area contributed by atoms with Gasteiger partial charge in [-0.1, -0.05) is 0 Å². The molecule has 0 fully saturated rings. The molecular formula is C5H12NO4P. The Balaban J connectivity index is 3.89. The molecule has 11 heavy (non-hydrogen) atoms. The minimum absolute atomic E-state index is 0.0880. The molecule has 0 aliphatic rings. The number of carbonyl (C=O) groups excluding carboxylic acids is 1. The van der Waals surface area contributed by atoms with Gasteiger partial charge in [-0.25, -0.2) is 0 Å². The third-order valence-corrected chi connectivity index (χ3v) is 2.74. The smallest absolute Gasteiger partial charge is 0.345 e. The minimum atomic E-state index is -3.07. The van der Waals surface area contributed by atoms with Crippen LogP contribution in [0.2, 0.25) is 0 Å². The van der Waals surface area contributed by atoms with E-state index < -0.39 is 7.60 Å². The molecule has 1 N–H and O–H groups in total. The molecule has 0 aromatic carbocycles.